The van der Waals surface area contributed by atoms with Crippen LogP contribution in [-0.4, -0.2) is 32.7 Å². The first kappa shape index (κ1) is 12.9. The van der Waals surface area contributed by atoms with E-state index in [0.717, 1.165) is 24.4 Å². The molecule has 0 saturated heterocycles. The lowest BCUT2D eigenvalue weighted by molar-refractivity contribution is 0.0198. The van der Waals surface area contributed by atoms with Crippen LogP contribution in [0.3, 0.4) is 0 Å². The molecule has 0 radical (unpaired) electrons. The molecule has 2 rings (SSSR count). The molecule has 5 nitrogen and oxygen atoms in total. The van der Waals surface area contributed by atoms with Gasteiger partial charge in [0, 0.05) is 13.1 Å². The number of aryl methyl sites for hydroxylation is 1. The van der Waals surface area contributed by atoms with Gasteiger partial charge >= 0.3 is 6.09 Å². The largest absolute Gasteiger partial charge is 0.444 e. The van der Waals surface area contributed by atoms with Crippen molar-refractivity contribution in [2.75, 3.05) is 6.54 Å². The summed E-state index contributed by atoms with van der Waals surface area (Å²) < 4.78 is 7.52. The minimum absolute atomic E-state index is 0.239. The third-order valence-electron chi connectivity index (χ3n) is 2.97. The van der Waals surface area contributed by atoms with Gasteiger partial charge in [-0.3, -0.25) is 0 Å². The van der Waals surface area contributed by atoms with Crippen LogP contribution in [0, 0.1) is 0 Å². The van der Waals surface area contributed by atoms with E-state index in [1.54, 1.807) is 4.90 Å². The second kappa shape index (κ2) is 4.63. The normalized spacial score (nSPS) is 15.4. The van der Waals surface area contributed by atoms with E-state index < -0.39 is 5.60 Å². The average Bonchev–Trinajstić information content (AvgIpc) is 2.68. The van der Waals surface area contributed by atoms with Crippen molar-refractivity contribution >= 4 is 6.09 Å². The quantitative estimate of drug-likeness (QED) is 0.768. The summed E-state index contributed by atoms with van der Waals surface area (Å²) >= 11 is 0. The average molecular weight is 251 g/mol. The maximum atomic E-state index is 12.0. The molecule has 5 heteroatoms. The highest BCUT2D eigenvalue weighted by Gasteiger charge is 2.27. The lowest BCUT2D eigenvalue weighted by Gasteiger charge is -2.31. The lowest BCUT2D eigenvalue weighted by Crippen LogP contribution is -2.41. The van der Waals surface area contributed by atoms with E-state index in [1.807, 2.05) is 27.1 Å². The minimum atomic E-state index is -0.442. The molecule has 0 aliphatic carbocycles. The predicted octanol–water partition coefficient (Wildman–Crippen LogP) is 2.20. The molecular weight excluding hydrogens is 230 g/mol. The summed E-state index contributed by atoms with van der Waals surface area (Å²) in [5.41, 5.74) is 1.76. The van der Waals surface area contributed by atoms with Crippen LogP contribution in [0.25, 0.3) is 0 Å². The van der Waals surface area contributed by atoms with Gasteiger partial charge in [0.1, 0.15) is 5.60 Å². The maximum Gasteiger partial charge on any atom is 0.410 e. The van der Waals surface area contributed by atoms with Gasteiger partial charge < -0.3 is 14.2 Å². The van der Waals surface area contributed by atoms with Crippen LogP contribution >= 0.6 is 0 Å². The van der Waals surface area contributed by atoms with Crippen LogP contribution in [0.1, 0.15) is 39.1 Å². The predicted molar refractivity (Wildman–Crippen MR) is 68.2 cm³/mol. The van der Waals surface area contributed by atoms with Gasteiger partial charge in [0.25, 0.3) is 0 Å². The fourth-order valence-corrected chi connectivity index (χ4v) is 2.09. The molecule has 18 heavy (non-hydrogen) atoms. The molecule has 0 unspecified atom stereocenters. The van der Waals surface area contributed by atoms with Gasteiger partial charge in [-0.2, -0.15) is 0 Å². The Balaban J connectivity index is 2.09. The van der Waals surface area contributed by atoms with Crippen molar-refractivity contribution in [3.63, 3.8) is 0 Å². The van der Waals surface area contributed by atoms with Crippen LogP contribution in [-0.2, 0) is 24.2 Å². The molecule has 1 aliphatic rings. The Hall–Kier alpha value is -1.52. The van der Waals surface area contributed by atoms with Gasteiger partial charge in [0.2, 0.25) is 0 Å². The Morgan fingerprint density at radius 3 is 2.78 bits per heavy atom. The number of hydrogen-bond acceptors (Lipinski definition) is 3. The number of amides is 1. The number of imidazole rings is 1. The fourth-order valence-electron chi connectivity index (χ4n) is 2.09. The van der Waals surface area contributed by atoms with Gasteiger partial charge in [0.05, 0.1) is 24.3 Å². The third kappa shape index (κ3) is 2.66. The Labute approximate surface area is 108 Å². The molecule has 0 bridgehead atoms. The number of hydrogen-bond donors (Lipinski definition) is 0. The summed E-state index contributed by atoms with van der Waals surface area (Å²) in [4.78, 5) is 18.1. The SMILES string of the molecule is CCc1ncn2c1CN(C(=O)OC(C)(C)C)CC2. The summed E-state index contributed by atoms with van der Waals surface area (Å²) in [6, 6.07) is 0. The molecule has 1 aliphatic heterocycles. The number of rotatable bonds is 1. The summed E-state index contributed by atoms with van der Waals surface area (Å²) in [7, 11) is 0. The standard InChI is InChI=1S/C13H21N3O2/c1-5-10-11-8-15(6-7-16(11)9-14-10)12(17)18-13(2,3)4/h9H,5-8H2,1-4H3. The first-order chi connectivity index (χ1) is 8.40. The zero-order valence-electron chi connectivity index (χ0n) is 11.6. The number of carbonyl (C=O) groups excluding carboxylic acids is 1. The molecule has 2 heterocycles. The van der Waals surface area contributed by atoms with Gasteiger partial charge in [-0.1, -0.05) is 6.92 Å². The molecule has 0 spiro atoms. The summed E-state index contributed by atoms with van der Waals surface area (Å²) in [5, 5.41) is 0. The Morgan fingerprint density at radius 2 is 2.17 bits per heavy atom. The first-order valence-corrected chi connectivity index (χ1v) is 6.41. The van der Waals surface area contributed by atoms with Crippen LogP contribution < -0.4 is 0 Å². The molecule has 0 saturated carbocycles. The Kier molecular flexibility index (Phi) is 3.32. The van der Waals surface area contributed by atoms with E-state index in [2.05, 4.69) is 16.5 Å². The number of fused-ring (bicyclic) bond motifs is 1. The number of nitrogens with zero attached hydrogens (tertiary/aromatic N) is 3. The maximum absolute atomic E-state index is 12.0. The van der Waals surface area contributed by atoms with Crippen LogP contribution in [0.15, 0.2) is 6.33 Å². The molecule has 1 amide bonds. The van der Waals surface area contributed by atoms with E-state index in [9.17, 15) is 4.79 Å². The third-order valence-corrected chi connectivity index (χ3v) is 2.97. The number of ether oxygens (including phenoxy) is 1. The Bertz CT molecular complexity index is 432. The molecule has 0 fully saturated rings. The molecule has 0 atom stereocenters. The molecule has 1 aromatic rings. The molecule has 100 valence electrons. The second-order valence-corrected chi connectivity index (χ2v) is 5.59. The zero-order valence-corrected chi connectivity index (χ0v) is 11.6. The van der Waals surface area contributed by atoms with Gasteiger partial charge in [-0.05, 0) is 27.2 Å². The van der Waals surface area contributed by atoms with E-state index in [-0.39, 0.29) is 6.09 Å². The van der Waals surface area contributed by atoms with Crippen molar-refractivity contribution in [3.8, 4) is 0 Å². The fraction of sp³-hybridized carbons (Fsp3) is 0.692. The van der Waals surface area contributed by atoms with E-state index in [1.165, 1.54) is 0 Å². The lowest BCUT2D eigenvalue weighted by atomic mass is 10.2. The summed E-state index contributed by atoms with van der Waals surface area (Å²) in [5.74, 6) is 0. The highest BCUT2D eigenvalue weighted by Crippen LogP contribution is 2.19. The topological polar surface area (TPSA) is 47.4 Å². The zero-order chi connectivity index (χ0) is 13.3. The summed E-state index contributed by atoms with van der Waals surface area (Å²) in [6.07, 6.45) is 2.52. The van der Waals surface area contributed by atoms with Crippen molar-refractivity contribution in [1.82, 2.24) is 14.5 Å². The molecule has 0 N–H and O–H groups in total. The van der Waals surface area contributed by atoms with E-state index in [4.69, 9.17) is 4.74 Å². The van der Waals surface area contributed by atoms with E-state index >= 15 is 0 Å². The van der Waals surface area contributed by atoms with Gasteiger partial charge in [-0.25, -0.2) is 9.78 Å². The second-order valence-electron chi connectivity index (χ2n) is 5.59. The highest BCUT2D eigenvalue weighted by molar-refractivity contribution is 5.68. The molecule has 1 aromatic heterocycles. The van der Waals surface area contributed by atoms with E-state index in [0.29, 0.717) is 13.1 Å². The Morgan fingerprint density at radius 1 is 1.44 bits per heavy atom. The number of aromatic nitrogens is 2. The minimum Gasteiger partial charge on any atom is -0.444 e. The molecular formula is C13H21N3O2. The van der Waals surface area contributed by atoms with Crippen LogP contribution in [0.5, 0.6) is 0 Å². The van der Waals surface area contributed by atoms with Gasteiger partial charge in [0.15, 0.2) is 0 Å². The van der Waals surface area contributed by atoms with Crippen molar-refractivity contribution in [2.45, 2.75) is 52.8 Å². The van der Waals surface area contributed by atoms with Gasteiger partial charge in [-0.15, -0.1) is 0 Å². The first-order valence-electron chi connectivity index (χ1n) is 6.41. The molecule has 0 aromatic carbocycles. The van der Waals surface area contributed by atoms with Crippen LogP contribution in [0.2, 0.25) is 0 Å². The van der Waals surface area contributed by atoms with Crippen molar-refractivity contribution < 1.29 is 9.53 Å². The van der Waals surface area contributed by atoms with Crippen molar-refractivity contribution in [1.29, 1.82) is 0 Å². The monoisotopic (exact) mass is 251 g/mol. The van der Waals surface area contributed by atoms with Crippen LogP contribution in [0.4, 0.5) is 4.79 Å². The van der Waals surface area contributed by atoms with Crippen molar-refractivity contribution in [2.24, 2.45) is 0 Å². The summed E-state index contributed by atoms with van der Waals surface area (Å²) in [6.45, 7) is 9.81. The van der Waals surface area contributed by atoms with Crippen molar-refractivity contribution in [3.05, 3.63) is 17.7 Å². The smallest absolute Gasteiger partial charge is 0.410 e. The highest BCUT2D eigenvalue weighted by atomic mass is 16.6. The number of carbonyl (C=O) groups is 1.